The van der Waals surface area contributed by atoms with Gasteiger partial charge >= 0.3 is 0 Å². The van der Waals surface area contributed by atoms with E-state index in [2.05, 4.69) is 67.7 Å². The van der Waals surface area contributed by atoms with E-state index >= 15 is 0 Å². The fourth-order valence-electron chi connectivity index (χ4n) is 2.29. The highest BCUT2D eigenvalue weighted by Gasteiger charge is 2.51. The third-order valence-electron chi connectivity index (χ3n) is 6.07. The molecule has 6 heteroatoms. The highest BCUT2D eigenvalue weighted by Crippen LogP contribution is 2.44. The number of nitrogens with two attached hydrogens (primary N) is 1. The predicted octanol–water partition coefficient (Wildman–Crippen LogP) is 5.54. The maximum atomic E-state index is 6.82. The zero-order valence-corrected chi connectivity index (χ0v) is 20.8. The van der Waals surface area contributed by atoms with Crippen molar-refractivity contribution in [3.63, 3.8) is 0 Å². The molecule has 0 saturated heterocycles. The summed E-state index contributed by atoms with van der Waals surface area (Å²) in [4.78, 5) is 0. The van der Waals surface area contributed by atoms with Gasteiger partial charge in [-0.25, -0.2) is 0 Å². The fourth-order valence-corrected chi connectivity index (χ4v) is 4.86. The maximum Gasteiger partial charge on any atom is 0.208 e. The summed E-state index contributed by atoms with van der Waals surface area (Å²) in [6.45, 7) is 24.9. The predicted molar refractivity (Wildman–Crippen MR) is 116 cm³/mol. The van der Waals surface area contributed by atoms with E-state index in [-0.39, 0.29) is 16.2 Å². The van der Waals surface area contributed by atoms with Crippen LogP contribution in [-0.4, -0.2) is 35.1 Å². The van der Waals surface area contributed by atoms with Crippen molar-refractivity contribution in [2.75, 3.05) is 6.61 Å². The van der Waals surface area contributed by atoms with Crippen molar-refractivity contribution in [1.29, 1.82) is 0 Å². The van der Waals surface area contributed by atoms with Crippen molar-refractivity contribution < 1.29 is 13.6 Å². The average Bonchev–Trinajstić information content (AvgIpc) is 2.40. The molecule has 4 nitrogen and oxygen atoms in total. The molecule has 0 fully saturated rings. The van der Waals surface area contributed by atoms with Crippen LogP contribution in [0.15, 0.2) is 23.9 Å². The van der Waals surface area contributed by atoms with Gasteiger partial charge in [-0.05, 0) is 61.4 Å². The Hall–Kier alpha value is -0.406. The molecule has 0 amide bonds. The van der Waals surface area contributed by atoms with Crippen LogP contribution >= 0.6 is 0 Å². The van der Waals surface area contributed by atoms with Crippen molar-refractivity contribution in [2.24, 2.45) is 5.73 Å². The van der Waals surface area contributed by atoms with Crippen molar-refractivity contribution >= 4 is 16.6 Å². The van der Waals surface area contributed by atoms with Crippen LogP contribution in [0.5, 0.6) is 0 Å². The summed E-state index contributed by atoms with van der Waals surface area (Å²) in [7, 11) is -4.14. The Morgan fingerprint density at radius 3 is 1.92 bits per heavy atom. The smallest absolute Gasteiger partial charge is 0.208 e. The van der Waals surface area contributed by atoms with Gasteiger partial charge in [-0.15, -0.1) is 0 Å². The van der Waals surface area contributed by atoms with Crippen LogP contribution in [0.4, 0.5) is 0 Å². The van der Waals surface area contributed by atoms with Crippen LogP contribution in [-0.2, 0) is 13.6 Å². The summed E-state index contributed by atoms with van der Waals surface area (Å²) in [5, 5.41) is 0.158. The Kier molecular flexibility index (Phi) is 6.86. The molecular weight excluding hydrogens is 358 g/mol. The second-order valence-electron chi connectivity index (χ2n) is 10.3. The molecule has 1 aliphatic rings. The molecule has 0 aromatic heterocycles. The molecule has 0 aliphatic heterocycles. The zero-order chi connectivity index (χ0) is 20.6. The van der Waals surface area contributed by atoms with Gasteiger partial charge in [0, 0.05) is 12.3 Å². The first-order valence-electron chi connectivity index (χ1n) is 9.66. The molecule has 0 aromatic rings. The van der Waals surface area contributed by atoms with E-state index in [0.29, 0.717) is 12.3 Å². The Morgan fingerprint density at radius 2 is 1.50 bits per heavy atom. The summed E-state index contributed by atoms with van der Waals surface area (Å²) in [6.07, 6.45) is 5.46. The Balaban J connectivity index is 3.35. The van der Waals surface area contributed by atoms with E-state index in [9.17, 15) is 0 Å². The van der Waals surface area contributed by atoms with Crippen LogP contribution in [0.1, 0.15) is 48.5 Å². The van der Waals surface area contributed by atoms with E-state index in [4.69, 9.17) is 19.3 Å². The molecule has 1 aliphatic carbocycles. The molecule has 0 radical (unpaired) electrons. The van der Waals surface area contributed by atoms with Crippen molar-refractivity contribution in [3.05, 3.63) is 23.9 Å². The van der Waals surface area contributed by atoms with Gasteiger partial charge in [0.05, 0.1) is 0 Å². The van der Waals surface area contributed by atoms with Gasteiger partial charge in [-0.2, -0.15) is 0 Å². The summed E-state index contributed by atoms with van der Waals surface area (Å²) >= 11 is 0. The maximum absolute atomic E-state index is 6.82. The lowest BCUT2D eigenvalue weighted by Crippen LogP contribution is -2.59. The summed E-state index contributed by atoms with van der Waals surface area (Å²) in [5.74, 6) is -0.920. The van der Waals surface area contributed by atoms with Gasteiger partial charge in [0.15, 0.2) is 16.6 Å². The monoisotopic (exact) mass is 399 g/mol. The van der Waals surface area contributed by atoms with Gasteiger partial charge in [0.2, 0.25) is 5.79 Å². The molecular formula is C20H41NO3Si2. The Bertz CT molecular complexity index is 556. The first-order valence-corrected chi connectivity index (χ1v) is 15.5. The Morgan fingerprint density at radius 1 is 1.00 bits per heavy atom. The largest absolute Gasteiger partial charge is 0.405 e. The van der Waals surface area contributed by atoms with Gasteiger partial charge in [-0.3, -0.25) is 0 Å². The zero-order valence-electron chi connectivity index (χ0n) is 18.8. The first kappa shape index (κ1) is 23.6. The number of rotatable bonds is 6. The second kappa shape index (κ2) is 7.55. The van der Waals surface area contributed by atoms with E-state index in [0.717, 1.165) is 0 Å². The SMILES string of the molecule is CCOC1(O[Si](C)(C)C(C)(C)C)C=CC(N)=CC1O[Si](C)(C)C(C)(C)C. The van der Waals surface area contributed by atoms with Gasteiger partial charge in [-0.1, -0.05) is 41.5 Å². The number of hydrogen-bond acceptors (Lipinski definition) is 4. The van der Waals surface area contributed by atoms with Crippen LogP contribution < -0.4 is 5.73 Å². The highest BCUT2D eigenvalue weighted by molar-refractivity contribution is 6.74. The van der Waals surface area contributed by atoms with Crippen molar-refractivity contribution in [2.45, 2.75) is 96.6 Å². The molecule has 2 unspecified atom stereocenters. The summed E-state index contributed by atoms with van der Waals surface area (Å²) in [6, 6.07) is 0. The minimum Gasteiger partial charge on any atom is -0.405 e. The molecule has 0 heterocycles. The number of allylic oxidation sites excluding steroid dienone is 1. The summed E-state index contributed by atoms with van der Waals surface area (Å²) in [5.41, 5.74) is 6.83. The normalized spacial score (nSPS) is 25.3. The number of ether oxygens (including phenoxy) is 1. The van der Waals surface area contributed by atoms with E-state index in [1.165, 1.54) is 0 Å². The third kappa shape index (κ3) is 5.10. The Labute approximate surface area is 163 Å². The molecule has 152 valence electrons. The van der Waals surface area contributed by atoms with Crippen LogP contribution in [0.3, 0.4) is 0 Å². The van der Waals surface area contributed by atoms with Gasteiger partial charge < -0.3 is 19.3 Å². The summed E-state index contributed by atoms with van der Waals surface area (Å²) < 4.78 is 19.8. The molecule has 1 rings (SSSR count). The average molecular weight is 400 g/mol. The van der Waals surface area contributed by atoms with E-state index in [1.54, 1.807) is 0 Å². The molecule has 0 bridgehead atoms. The molecule has 0 saturated carbocycles. The highest BCUT2D eigenvalue weighted by atomic mass is 28.4. The topological polar surface area (TPSA) is 53.7 Å². The van der Waals surface area contributed by atoms with Gasteiger partial charge in [0.25, 0.3) is 0 Å². The first-order chi connectivity index (χ1) is 11.5. The molecule has 0 spiro atoms. The van der Waals surface area contributed by atoms with Crippen molar-refractivity contribution in [3.8, 4) is 0 Å². The fraction of sp³-hybridized carbons (Fsp3) is 0.800. The quantitative estimate of drug-likeness (QED) is 0.470. The van der Waals surface area contributed by atoms with Crippen LogP contribution in [0.2, 0.25) is 36.3 Å². The number of hydrogen-bond donors (Lipinski definition) is 1. The van der Waals surface area contributed by atoms with Crippen molar-refractivity contribution in [1.82, 2.24) is 0 Å². The molecule has 2 atom stereocenters. The van der Waals surface area contributed by atoms with Crippen LogP contribution in [0.25, 0.3) is 0 Å². The minimum absolute atomic E-state index is 0.0686. The molecule has 0 aromatic carbocycles. The second-order valence-corrected chi connectivity index (χ2v) is 19.8. The lowest BCUT2D eigenvalue weighted by molar-refractivity contribution is -0.195. The van der Waals surface area contributed by atoms with E-state index < -0.39 is 22.4 Å². The lowest BCUT2D eigenvalue weighted by Gasteiger charge is -2.50. The van der Waals surface area contributed by atoms with E-state index in [1.807, 2.05) is 25.2 Å². The van der Waals surface area contributed by atoms with Gasteiger partial charge in [0.1, 0.15) is 6.10 Å². The van der Waals surface area contributed by atoms with Crippen LogP contribution in [0, 0.1) is 0 Å². The minimum atomic E-state index is -2.10. The molecule has 26 heavy (non-hydrogen) atoms. The molecule has 2 N–H and O–H groups in total. The lowest BCUT2D eigenvalue weighted by atomic mass is 10.0. The third-order valence-corrected chi connectivity index (χ3v) is 15.0. The standard InChI is InChI=1S/C20H41NO3Si2/c1-12-22-20(24-26(10,11)19(5,6)7)14-13-16(21)15-17(20)23-25(8,9)18(2,3)4/h13-15,17H,12,21H2,1-11H3.